The number of methoxy groups -OCH3 is 1. The molecule has 0 aliphatic carbocycles. The number of nitro benzene ring substituents is 1. The Morgan fingerprint density at radius 2 is 1.71 bits per heavy atom. The van der Waals surface area contributed by atoms with Crippen molar-refractivity contribution in [2.24, 2.45) is 0 Å². The van der Waals surface area contributed by atoms with Crippen LogP contribution in [0, 0.1) is 10.1 Å². The van der Waals surface area contributed by atoms with E-state index >= 15 is 0 Å². The summed E-state index contributed by atoms with van der Waals surface area (Å²) in [6, 6.07) is 19.4. The van der Waals surface area contributed by atoms with Gasteiger partial charge >= 0.3 is 0 Å². The lowest BCUT2D eigenvalue weighted by Gasteiger charge is -2.11. The van der Waals surface area contributed by atoms with E-state index in [4.69, 9.17) is 4.74 Å². The largest absolute Gasteiger partial charge is 0.497 e. The van der Waals surface area contributed by atoms with Crippen LogP contribution in [0.5, 0.6) is 5.75 Å². The number of anilines is 2. The van der Waals surface area contributed by atoms with Gasteiger partial charge in [-0.3, -0.25) is 19.7 Å². The standard InChI is InChI=1S/C23H19N3O5/c1-31-19-6-4-5-17(15-19)24-23(28)20-7-2-3-8-21(20)25-22(27)14-11-16-9-12-18(13-10-16)26(29)30/h2-15H,1H3,(H,24,28)(H,25,27)/b14-11+. The quantitative estimate of drug-likeness (QED) is 0.334. The molecule has 0 bridgehead atoms. The zero-order valence-electron chi connectivity index (χ0n) is 16.6. The van der Waals surface area contributed by atoms with Crippen LogP contribution in [0.25, 0.3) is 6.08 Å². The lowest BCUT2D eigenvalue weighted by Crippen LogP contribution is -2.17. The molecule has 0 unspecified atom stereocenters. The Kier molecular flexibility index (Phi) is 6.74. The van der Waals surface area contributed by atoms with Gasteiger partial charge in [0.1, 0.15) is 5.75 Å². The smallest absolute Gasteiger partial charge is 0.269 e. The maximum atomic E-state index is 12.7. The molecule has 0 aromatic heterocycles. The zero-order chi connectivity index (χ0) is 22.2. The molecule has 3 aromatic carbocycles. The molecule has 0 spiro atoms. The summed E-state index contributed by atoms with van der Waals surface area (Å²) in [5, 5.41) is 16.2. The van der Waals surface area contributed by atoms with Crippen LogP contribution in [0.1, 0.15) is 15.9 Å². The van der Waals surface area contributed by atoms with E-state index < -0.39 is 10.8 Å². The molecule has 0 aliphatic rings. The summed E-state index contributed by atoms with van der Waals surface area (Å²) in [7, 11) is 1.54. The molecule has 0 atom stereocenters. The van der Waals surface area contributed by atoms with Crippen molar-refractivity contribution >= 4 is 35.0 Å². The molecular weight excluding hydrogens is 398 g/mol. The average Bonchev–Trinajstić information content (AvgIpc) is 2.78. The highest BCUT2D eigenvalue weighted by Gasteiger charge is 2.13. The van der Waals surface area contributed by atoms with Crippen molar-refractivity contribution in [2.75, 3.05) is 17.7 Å². The summed E-state index contributed by atoms with van der Waals surface area (Å²) in [5.74, 6) is -0.223. The third kappa shape index (κ3) is 5.77. The number of nitrogens with one attached hydrogen (secondary N) is 2. The summed E-state index contributed by atoms with van der Waals surface area (Å²) in [5.41, 5.74) is 1.80. The summed E-state index contributed by atoms with van der Waals surface area (Å²) < 4.78 is 5.15. The third-order valence-electron chi connectivity index (χ3n) is 4.29. The van der Waals surface area contributed by atoms with E-state index in [1.54, 1.807) is 48.5 Å². The fourth-order valence-electron chi connectivity index (χ4n) is 2.74. The van der Waals surface area contributed by atoms with Gasteiger partial charge in [-0.2, -0.15) is 0 Å². The van der Waals surface area contributed by atoms with Crippen LogP contribution in [0.4, 0.5) is 17.1 Å². The molecule has 0 aliphatic heterocycles. The van der Waals surface area contributed by atoms with E-state index in [0.717, 1.165) is 0 Å². The number of carbonyl (C=O) groups is 2. The second-order valence-electron chi connectivity index (χ2n) is 6.40. The number of hydrogen-bond donors (Lipinski definition) is 2. The zero-order valence-corrected chi connectivity index (χ0v) is 16.6. The summed E-state index contributed by atoms with van der Waals surface area (Å²) in [6.07, 6.45) is 2.82. The van der Waals surface area contributed by atoms with Gasteiger partial charge in [-0.05, 0) is 48.0 Å². The van der Waals surface area contributed by atoms with E-state index in [1.807, 2.05) is 0 Å². The minimum atomic E-state index is -0.492. The summed E-state index contributed by atoms with van der Waals surface area (Å²) in [4.78, 5) is 35.2. The molecular formula is C23H19N3O5. The Morgan fingerprint density at radius 3 is 2.42 bits per heavy atom. The van der Waals surface area contributed by atoms with Crippen LogP contribution in [-0.4, -0.2) is 23.8 Å². The van der Waals surface area contributed by atoms with Crippen molar-refractivity contribution in [3.63, 3.8) is 0 Å². The van der Waals surface area contributed by atoms with Gasteiger partial charge in [-0.25, -0.2) is 0 Å². The van der Waals surface area contributed by atoms with Gasteiger partial charge in [0.15, 0.2) is 0 Å². The molecule has 0 heterocycles. The second kappa shape index (κ2) is 9.84. The predicted octanol–water partition coefficient (Wildman–Crippen LogP) is 4.51. The van der Waals surface area contributed by atoms with Gasteiger partial charge in [0.2, 0.25) is 5.91 Å². The van der Waals surface area contributed by atoms with Crippen LogP contribution in [0.3, 0.4) is 0 Å². The minimum Gasteiger partial charge on any atom is -0.497 e. The molecule has 0 fully saturated rings. The molecule has 0 radical (unpaired) electrons. The third-order valence-corrected chi connectivity index (χ3v) is 4.29. The molecule has 8 nitrogen and oxygen atoms in total. The SMILES string of the molecule is COc1cccc(NC(=O)c2ccccc2NC(=O)/C=C/c2ccc([N+](=O)[O-])cc2)c1. The van der Waals surface area contributed by atoms with Gasteiger partial charge in [0.25, 0.3) is 11.6 Å². The Balaban J connectivity index is 1.69. The van der Waals surface area contributed by atoms with Crippen molar-refractivity contribution in [3.05, 3.63) is 100 Å². The summed E-state index contributed by atoms with van der Waals surface area (Å²) in [6.45, 7) is 0. The Labute approximate surface area is 178 Å². The van der Waals surface area contributed by atoms with Crippen molar-refractivity contribution in [1.82, 2.24) is 0 Å². The van der Waals surface area contributed by atoms with Gasteiger partial charge in [0.05, 0.1) is 23.3 Å². The number of rotatable bonds is 7. The Hall–Kier alpha value is -4.46. The molecule has 2 N–H and O–H groups in total. The highest BCUT2D eigenvalue weighted by atomic mass is 16.6. The van der Waals surface area contributed by atoms with E-state index in [1.165, 1.54) is 43.5 Å². The molecule has 8 heteroatoms. The number of non-ortho nitro benzene ring substituents is 1. The molecule has 3 aromatic rings. The van der Waals surface area contributed by atoms with Gasteiger partial charge < -0.3 is 15.4 Å². The van der Waals surface area contributed by atoms with E-state index in [0.29, 0.717) is 28.3 Å². The van der Waals surface area contributed by atoms with Crippen molar-refractivity contribution < 1.29 is 19.2 Å². The first kappa shape index (κ1) is 21.3. The Morgan fingerprint density at radius 1 is 0.968 bits per heavy atom. The van der Waals surface area contributed by atoms with E-state index in [-0.39, 0.29) is 11.6 Å². The summed E-state index contributed by atoms with van der Waals surface area (Å²) >= 11 is 0. The van der Waals surface area contributed by atoms with Crippen molar-refractivity contribution in [3.8, 4) is 5.75 Å². The van der Waals surface area contributed by atoms with Gasteiger partial charge in [0, 0.05) is 30.0 Å². The first-order valence-electron chi connectivity index (χ1n) is 9.24. The lowest BCUT2D eigenvalue weighted by atomic mass is 10.1. The second-order valence-corrected chi connectivity index (χ2v) is 6.40. The van der Waals surface area contributed by atoms with Crippen LogP contribution in [0.15, 0.2) is 78.9 Å². The fraction of sp³-hybridized carbons (Fsp3) is 0.0435. The van der Waals surface area contributed by atoms with Crippen LogP contribution >= 0.6 is 0 Å². The molecule has 156 valence electrons. The van der Waals surface area contributed by atoms with E-state index in [9.17, 15) is 19.7 Å². The number of carbonyl (C=O) groups excluding carboxylic acids is 2. The highest BCUT2D eigenvalue weighted by Crippen LogP contribution is 2.20. The molecule has 0 saturated carbocycles. The number of nitro groups is 1. The average molecular weight is 417 g/mol. The number of hydrogen-bond acceptors (Lipinski definition) is 5. The number of ether oxygens (including phenoxy) is 1. The van der Waals surface area contributed by atoms with Crippen LogP contribution < -0.4 is 15.4 Å². The van der Waals surface area contributed by atoms with Gasteiger partial charge in [-0.15, -0.1) is 0 Å². The van der Waals surface area contributed by atoms with Crippen LogP contribution in [0.2, 0.25) is 0 Å². The van der Waals surface area contributed by atoms with Crippen LogP contribution in [-0.2, 0) is 4.79 Å². The Bertz CT molecular complexity index is 1140. The number of nitrogens with zero attached hydrogens (tertiary/aromatic N) is 1. The van der Waals surface area contributed by atoms with E-state index in [2.05, 4.69) is 10.6 Å². The maximum Gasteiger partial charge on any atom is 0.269 e. The van der Waals surface area contributed by atoms with Crippen molar-refractivity contribution in [2.45, 2.75) is 0 Å². The topological polar surface area (TPSA) is 111 Å². The molecule has 0 saturated heterocycles. The van der Waals surface area contributed by atoms with Crippen molar-refractivity contribution in [1.29, 1.82) is 0 Å². The normalized spacial score (nSPS) is 10.5. The number of amides is 2. The minimum absolute atomic E-state index is 0.0300. The fourth-order valence-corrected chi connectivity index (χ4v) is 2.74. The first-order valence-corrected chi connectivity index (χ1v) is 9.24. The van der Waals surface area contributed by atoms with Gasteiger partial charge in [-0.1, -0.05) is 18.2 Å². The predicted molar refractivity (Wildman–Crippen MR) is 118 cm³/mol. The maximum absolute atomic E-state index is 12.7. The molecule has 2 amide bonds. The number of benzene rings is 3. The monoisotopic (exact) mass is 417 g/mol. The molecule has 3 rings (SSSR count). The molecule has 31 heavy (non-hydrogen) atoms. The highest BCUT2D eigenvalue weighted by molar-refractivity contribution is 6.11. The number of para-hydroxylation sites is 1. The first-order chi connectivity index (χ1) is 15.0. The lowest BCUT2D eigenvalue weighted by molar-refractivity contribution is -0.384.